The molecule has 0 radical (unpaired) electrons. The number of rotatable bonds is 6. The molecule has 4 aliphatic carbocycles. The van der Waals surface area contributed by atoms with Gasteiger partial charge >= 0.3 is 0 Å². The molecule has 7 rings (SSSR count). The maximum absolute atomic E-state index is 13.4. The summed E-state index contributed by atoms with van der Waals surface area (Å²) in [7, 11) is -2.00. The highest BCUT2D eigenvalue weighted by Crippen LogP contribution is 2.73. The second-order valence-corrected chi connectivity index (χ2v) is 14.1. The summed E-state index contributed by atoms with van der Waals surface area (Å²) < 4.78 is 38.9. The summed E-state index contributed by atoms with van der Waals surface area (Å²) in [5.74, 6) is 0.0768. The Morgan fingerprint density at radius 2 is 2.08 bits per heavy atom. The van der Waals surface area contributed by atoms with Crippen molar-refractivity contribution in [2.24, 2.45) is 5.41 Å². The third-order valence-corrected chi connectivity index (χ3v) is 12.1. The van der Waals surface area contributed by atoms with E-state index in [9.17, 15) is 23.4 Å². The van der Waals surface area contributed by atoms with Crippen molar-refractivity contribution in [1.82, 2.24) is 9.62 Å². The summed E-state index contributed by atoms with van der Waals surface area (Å²) in [6, 6.07) is 4.63. The van der Waals surface area contributed by atoms with Crippen molar-refractivity contribution in [1.29, 1.82) is 0 Å². The summed E-state index contributed by atoms with van der Waals surface area (Å²) in [5, 5.41) is 26.8. The van der Waals surface area contributed by atoms with Gasteiger partial charge in [0.1, 0.15) is 0 Å². The number of nitrogens with one attached hydrogen (secondary N) is 1. The van der Waals surface area contributed by atoms with E-state index in [0.717, 1.165) is 11.1 Å². The highest BCUT2D eigenvalue weighted by Gasteiger charge is 2.80. The second-order valence-electron chi connectivity index (χ2n) is 11.9. The molecule has 9 nitrogen and oxygen atoms in total. The van der Waals surface area contributed by atoms with Crippen molar-refractivity contribution in [2.45, 2.75) is 73.3 Å². The van der Waals surface area contributed by atoms with Crippen LogP contribution in [0.15, 0.2) is 41.2 Å². The van der Waals surface area contributed by atoms with Crippen molar-refractivity contribution in [3.05, 3.63) is 53.5 Å². The van der Waals surface area contributed by atoms with E-state index in [0.29, 0.717) is 62.8 Å². The fourth-order valence-electron chi connectivity index (χ4n) is 8.31. The summed E-state index contributed by atoms with van der Waals surface area (Å²) in [6.45, 7) is 0.386. The smallest absolute Gasteiger partial charge is 0.244 e. The Labute approximate surface area is 221 Å². The zero-order valence-corrected chi connectivity index (χ0v) is 22.0. The quantitative estimate of drug-likeness (QED) is 0.480. The first-order valence-corrected chi connectivity index (χ1v) is 14.8. The lowest BCUT2D eigenvalue weighted by atomic mass is 9.57. The molecule has 38 heavy (non-hydrogen) atoms. The van der Waals surface area contributed by atoms with Gasteiger partial charge in [0.05, 0.1) is 36.5 Å². The van der Waals surface area contributed by atoms with Crippen molar-refractivity contribution in [2.75, 3.05) is 13.7 Å². The molecule has 202 valence electrons. The topological polar surface area (TPSA) is 129 Å². The molecule has 2 heterocycles. The van der Waals surface area contributed by atoms with E-state index in [1.807, 2.05) is 6.07 Å². The fourth-order valence-corrected chi connectivity index (χ4v) is 10.5. The number of phenolic OH excluding ortho intramolecular Hbond substituents is 1. The van der Waals surface area contributed by atoms with Crippen LogP contribution in [0.3, 0.4) is 0 Å². The number of furan rings is 1. The number of benzene rings is 1. The monoisotopic (exact) mass is 540 g/mol. The Morgan fingerprint density at radius 3 is 2.79 bits per heavy atom. The highest BCUT2D eigenvalue weighted by atomic mass is 32.2. The predicted octanol–water partition coefficient (Wildman–Crippen LogP) is 2.47. The van der Waals surface area contributed by atoms with Crippen molar-refractivity contribution in [3.63, 3.8) is 0 Å². The van der Waals surface area contributed by atoms with Crippen molar-refractivity contribution >= 4 is 22.0 Å². The lowest BCUT2D eigenvalue weighted by Gasteiger charge is -2.57. The van der Waals surface area contributed by atoms with Gasteiger partial charge in [0.2, 0.25) is 15.9 Å². The number of phenols is 1. The van der Waals surface area contributed by atoms with Gasteiger partial charge in [-0.1, -0.05) is 6.07 Å². The predicted molar refractivity (Wildman–Crippen MR) is 138 cm³/mol. The largest absolute Gasteiger partial charge is 0.504 e. The number of nitrogens with zero attached hydrogens (tertiary/aromatic N) is 1. The maximum Gasteiger partial charge on any atom is 0.244 e. The van der Waals surface area contributed by atoms with Crippen LogP contribution in [0.5, 0.6) is 11.5 Å². The lowest BCUT2D eigenvalue weighted by molar-refractivity contribution is -0.129. The van der Waals surface area contributed by atoms with Crippen LogP contribution < -0.4 is 10.1 Å². The third kappa shape index (κ3) is 3.11. The van der Waals surface area contributed by atoms with E-state index in [1.165, 1.54) is 19.4 Å². The normalized spacial score (nSPS) is 35.7. The van der Waals surface area contributed by atoms with Crippen LogP contribution in [0.25, 0.3) is 6.08 Å². The van der Waals surface area contributed by atoms with Crippen LogP contribution in [0.4, 0.5) is 0 Å². The average Bonchev–Trinajstić information content (AvgIpc) is 3.58. The Balaban J connectivity index is 1.28. The van der Waals surface area contributed by atoms with Gasteiger partial charge in [-0.3, -0.25) is 4.79 Å². The van der Waals surface area contributed by atoms with Gasteiger partial charge in [-0.2, -0.15) is 4.31 Å². The zero-order chi connectivity index (χ0) is 26.5. The number of aromatic hydroxyl groups is 1. The molecule has 2 spiro atoms. The van der Waals surface area contributed by atoms with Gasteiger partial charge in [-0.15, -0.1) is 0 Å². The number of fused-ring (bicyclic) bond motifs is 2. The maximum atomic E-state index is 13.4. The fraction of sp³-hybridized carbons (Fsp3) is 0.536. The minimum absolute atomic E-state index is 0.00278. The molecular formula is C28H32N2O7S. The van der Waals surface area contributed by atoms with Gasteiger partial charge in [0.25, 0.3) is 0 Å². The first-order chi connectivity index (χ1) is 18.1. The zero-order valence-electron chi connectivity index (χ0n) is 21.2. The number of amides is 1. The number of hydrogen-bond acceptors (Lipinski definition) is 7. The van der Waals surface area contributed by atoms with Crippen LogP contribution in [0.2, 0.25) is 0 Å². The Morgan fingerprint density at radius 1 is 1.26 bits per heavy atom. The van der Waals surface area contributed by atoms with E-state index < -0.39 is 32.5 Å². The SMILES string of the molecule is COc1ccc2c(c1O)C13CC(NC(=O)/C=C/c4ccoc4)CCC1(O)C1N(S(=O)(=O)C4CC4)CC1(C2)C3. The molecule has 3 N–H and O–H groups in total. The van der Waals surface area contributed by atoms with E-state index in [-0.39, 0.29) is 22.9 Å². The van der Waals surface area contributed by atoms with Crippen LogP contribution in [-0.4, -0.2) is 65.4 Å². The highest BCUT2D eigenvalue weighted by molar-refractivity contribution is 7.90. The first kappa shape index (κ1) is 24.2. The number of carbonyl (C=O) groups excluding carboxylic acids is 1. The van der Waals surface area contributed by atoms with Gasteiger partial charge in [0.15, 0.2) is 11.5 Å². The van der Waals surface area contributed by atoms with Crippen LogP contribution in [0.1, 0.15) is 55.2 Å². The second kappa shape index (κ2) is 7.86. The Bertz CT molecular complexity index is 1450. The summed E-state index contributed by atoms with van der Waals surface area (Å²) in [4.78, 5) is 12.8. The molecule has 2 bridgehead atoms. The van der Waals surface area contributed by atoms with E-state index in [2.05, 4.69) is 5.32 Å². The van der Waals surface area contributed by atoms with Gasteiger partial charge < -0.3 is 24.7 Å². The van der Waals surface area contributed by atoms with Crippen LogP contribution in [0, 0.1) is 5.41 Å². The number of methoxy groups -OCH3 is 1. The van der Waals surface area contributed by atoms with E-state index in [1.54, 1.807) is 28.8 Å². The summed E-state index contributed by atoms with van der Waals surface area (Å²) in [6.07, 6.45) is 9.94. The molecule has 5 unspecified atom stereocenters. The van der Waals surface area contributed by atoms with Gasteiger partial charge in [-0.05, 0) is 68.7 Å². The van der Waals surface area contributed by atoms with Crippen LogP contribution >= 0.6 is 0 Å². The van der Waals surface area contributed by atoms with Crippen molar-refractivity contribution < 1.29 is 32.6 Å². The Kier molecular flexibility index (Phi) is 5.01. The summed E-state index contributed by atoms with van der Waals surface area (Å²) >= 11 is 0. The van der Waals surface area contributed by atoms with E-state index in [4.69, 9.17) is 9.15 Å². The molecule has 3 saturated carbocycles. The Hall–Kier alpha value is -2.82. The molecule has 1 aliphatic heterocycles. The molecule has 4 fully saturated rings. The first-order valence-electron chi connectivity index (χ1n) is 13.3. The third-order valence-electron chi connectivity index (χ3n) is 9.80. The summed E-state index contributed by atoms with van der Waals surface area (Å²) in [5.41, 5.74) is -0.327. The number of carbonyl (C=O) groups is 1. The molecule has 10 heteroatoms. The van der Waals surface area contributed by atoms with Crippen LogP contribution in [-0.2, 0) is 26.7 Å². The number of ether oxygens (including phenoxy) is 1. The molecule has 1 amide bonds. The van der Waals surface area contributed by atoms with Crippen molar-refractivity contribution in [3.8, 4) is 11.5 Å². The standard InChI is InChI=1S/C28H32N2O7S/c1-36-21-6-3-18-12-26-15-27(23(18)24(21)32)13-19(29-22(31)7-2-17-9-11-37-14-17)8-10-28(27,33)25(26)30(16-26)38(34,35)20-4-5-20/h2-3,6-7,9,11,14,19-20,25,32-33H,4-5,8,10,12-13,15-16H2,1H3,(H,29,31)/b7-2+. The minimum Gasteiger partial charge on any atom is -0.504 e. The number of hydrogen-bond donors (Lipinski definition) is 3. The van der Waals surface area contributed by atoms with Gasteiger partial charge in [0, 0.05) is 40.6 Å². The number of sulfonamides is 1. The lowest BCUT2D eigenvalue weighted by Crippen LogP contribution is -2.72. The molecule has 1 saturated heterocycles. The molecule has 1 aromatic heterocycles. The molecule has 5 atom stereocenters. The molecule has 5 aliphatic rings. The van der Waals surface area contributed by atoms with E-state index >= 15 is 0 Å². The molecule has 2 aromatic rings. The molecule has 1 aromatic carbocycles. The number of aliphatic hydroxyl groups is 1. The van der Waals surface area contributed by atoms with Gasteiger partial charge in [-0.25, -0.2) is 8.42 Å². The minimum atomic E-state index is -3.49. The molecular weight excluding hydrogens is 508 g/mol. The average molecular weight is 541 g/mol.